The highest BCUT2D eigenvalue weighted by Crippen LogP contribution is 2.34. The van der Waals surface area contributed by atoms with E-state index in [0.717, 1.165) is 38.9 Å². The van der Waals surface area contributed by atoms with Crippen LogP contribution in [0.5, 0.6) is 0 Å². The summed E-state index contributed by atoms with van der Waals surface area (Å²) in [6.07, 6.45) is 4.91. The number of likely N-dealkylation sites (tertiary alicyclic amines) is 1. The van der Waals surface area contributed by atoms with Gasteiger partial charge in [-0.15, -0.1) is 5.10 Å². The summed E-state index contributed by atoms with van der Waals surface area (Å²) >= 11 is 0. The monoisotopic (exact) mass is 353 g/mol. The Bertz CT molecular complexity index is 780. The topological polar surface area (TPSA) is 63.1 Å². The Hall–Kier alpha value is -2.21. The highest BCUT2D eigenvalue weighted by molar-refractivity contribution is 5.92. The fourth-order valence-electron chi connectivity index (χ4n) is 4.36. The number of carbonyl (C=O) groups is 1. The molecule has 2 atom stereocenters. The van der Waals surface area contributed by atoms with Gasteiger partial charge in [-0.05, 0) is 57.3 Å². The van der Waals surface area contributed by atoms with Crippen LogP contribution < -0.4 is 5.32 Å². The zero-order valence-corrected chi connectivity index (χ0v) is 15.6. The van der Waals surface area contributed by atoms with Crippen molar-refractivity contribution in [3.05, 3.63) is 47.3 Å². The summed E-state index contributed by atoms with van der Waals surface area (Å²) < 4.78 is 1.88. The molecule has 138 valence electrons. The second kappa shape index (κ2) is 7.19. The molecule has 4 rings (SSSR count). The molecule has 2 aliphatic heterocycles. The zero-order chi connectivity index (χ0) is 18.1. The predicted octanol–water partition coefficient (Wildman–Crippen LogP) is 2.53. The minimum Gasteiger partial charge on any atom is -0.334 e. The SMILES string of the molecule is Cc1ccccc1C1CC(C)N(C(=O)c2cn(C3CCNCC3)nn2)C1. The molecule has 1 aromatic carbocycles. The van der Waals surface area contributed by atoms with Gasteiger partial charge in [0.15, 0.2) is 5.69 Å². The zero-order valence-electron chi connectivity index (χ0n) is 15.6. The van der Waals surface area contributed by atoms with Gasteiger partial charge in [0.2, 0.25) is 0 Å². The van der Waals surface area contributed by atoms with Gasteiger partial charge >= 0.3 is 0 Å². The standard InChI is InChI=1S/C20H27N5O/c1-14-5-3-4-6-18(14)16-11-15(2)24(12-16)20(26)19-13-25(23-22-19)17-7-9-21-10-8-17/h3-6,13,15-17,21H,7-12H2,1-2H3. The first-order chi connectivity index (χ1) is 12.6. The van der Waals surface area contributed by atoms with Gasteiger partial charge < -0.3 is 10.2 Å². The van der Waals surface area contributed by atoms with E-state index in [0.29, 0.717) is 17.7 Å². The van der Waals surface area contributed by atoms with Crippen LogP contribution in [0.3, 0.4) is 0 Å². The molecule has 26 heavy (non-hydrogen) atoms. The summed E-state index contributed by atoms with van der Waals surface area (Å²) in [5.41, 5.74) is 3.13. The molecule has 0 bridgehead atoms. The summed E-state index contributed by atoms with van der Waals surface area (Å²) in [6, 6.07) is 9.06. The average Bonchev–Trinajstić information content (AvgIpc) is 3.29. The lowest BCUT2D eigenvalue weighted by Gasteiger charge is -2.22. The summed E-state index contributed by atoms with van der Waals surface area (Å²) in [4.78, 5) is 15.0. The molecule has 3 heterocycles. The van der Waals surface area contributed by atoms with E-state index in [1.165, 1.54) is 11.1 Å². The van der Waals surface area contributed by atoms with Gasteiger partial charge in [-0.3, -0.25) is 4.79 Å². The molecule has 6 nitrogen and oxygen atoms in total. The Morgan fingerprint density at radius 3 is 2.77 bits per heavy atom. The number of nitrogens with zero attached hydrogens (tertiary/aromatic N) is 4. The van der Waals surface area contributed by atoms with E-state index in [2.05, 4.69) is 53.7 Å². The van der Waals surface area contributed by atoms with Crippen LogP contribution in [0, 0.1) is 6.92 Å². The van der Waals surface area contributed by atoms with Gasteiger partial charge in [0.25, 0.3) is 5.91 Å². The van der Waals surface area contributed by atoms with Crippen LogP contribution in [0.2, 0.25) is 0 Å². The van der Waals surface area contributed by atoms with Crippen molar-refractivity contribution < 1.29 is 4.79 Å². The molecule has 2 aromatic rings. The number of nitrogens with one attached hydrogen (secondary N) is 1. The van der Waals surface area contributed by atoms with Gasteiger partial charge in [0.1, 0.15) is 0 Å². The first-order valence-electron chi connectivity index (χ1n) is 9.62. The van der Waals surface area contributed by atoms with Crippen molar-refractivity contribution in [2.45, 2.75) is 51.1 Å². The maximum absolute atomic E-state index is 13.0. The number of aromatic nitrogens is 3. The Morgan fingerprint density at radius 1 is 1.23 bits per heavy atom. The lowest BCUT2D eigenvalue weighted by atomic mass is 9.93. The van der Waals surface area contributed by atoms with Crippen molar-refractivity contribution in [2.24, 2.45) is 0 Å². The lowest BCUT2D eigenvalue weighted by molar-refractivity contribution is 0.0739. The van der Waals surface area contributed by atoms with Crippen molar-refractivity contribution in [1.29, 1.82) is 0 Å². The second-order valence-electron chi connectivity index (χ2n) is 7.66. The first kappa shape index (κ1) is 17.2. The molecule has 0 aliphatic carbocycles. The lowest BCUT2D eigenvalue weighted by Crippen LogP contribution is -2.34. The number of aryl methyl sites for hydroxylation is 1. The van der Waals surface area contributed by atoms with Gasteiger partial charge in [0, 0.05) is 18.5 Å². The largest absolute Gasteiger partial charge is 0.334 e. The van der Waals surface area contributed by atoms with Crippen LogP contribution in [0.25, 0.3) is 0 Å². The van der Waals surface area contributed by atoms with Crippen LogP contribution in [0.1, 0.15) is 59.8 Å². The Morgan fingerprint density at radius 2 is 2.00 bits per heavy atom. The van der Waals surface area contributed by atoms with Gasteiger partial charge in [-0.1, -0.05) is 29.5 Å². The fourth-order valence-corrected chi connectivity index (χ4v) is 4.36. The molecule has 6 heteroatoms. The van der Waals surface area contributed by atoms with Gasteiger partial charge in [-0.25, -0.2) is 4.68 Å². The van der Waals surface area contributed by atoms with Gasteiger partial charge in [0.05, 0.1) is 12.2 Å². The van der Waals surface area contributed by atoms with Crippen LogP contribution in [0.4, 0.5) is 0 Å². The van der Waals surface area contributed by atoms with E-state index >= 15 is 0 Å². The number of rotatable bonds is 3. The molecular weight excluding hydrogens is 326 g/mol. The third-order valence-electron chi connectivity index (χ3n) is 5.88. The number of piperidine rings is 1. The predicted molar refractivity (Wildman–Crippen MR) is 100 cm³/mol. The number of carbonyl (C=O) groups excluding carboxylic acids is 1. The summed E-state index contributed by atoms with van der Waals surface area (Å²) in [5.74, 6) is 0.406. The molecule has 0 spiro atoms. The maximum Gasteiger partial charge on any atom is 0.276 e. The van der Waals surface area contributed by atoms with E-state index < -0.39 is 0 Å². The highest BCUT2D eigenvalue weighted by atomic mass is 16.2. The Balaban J connectivity index is 1.48. The van der Waals surface area contributed by atoms with E-state index in [9.17, 15) is 4.79 Å². The van der Waals surface area contributed by atoms with Crippen LogP contribution in [-0.2, 0) is 0 Å². The smallest absolute Gasteiger partial charge is 0.276 e. The molecule has 0 saturated carbocycles. The molecule has 2 fully saturated rings. The number of amides is 1. The van der Waals surface area contributed by atoms with Crippen molar-refractivity contribution in [3.63, 3.8) is 0 Å². The van der Waals surface area contributed by atoms with Crippen LogP contribution in [-0.4, -0.2) is 51.5 Å². The summed E-state index contributed by atoms with van der Waals surface area (Å²) in [5, 5.41) is 11.8. The fraction of sp³-hybridized carbons (Fsp3) is 0.550. The molecule has 2 unspecified atom stereocenters. The van der Waals surface area contributed by atoms with Gasteiger partial charge in [-0.2, -0.15) is 0 Å². The number of benzene rings is 1. The quantitative estimate of drug-likeness (QED) is 0.921. The molecule has 1 amide bonds. The van der Waals surface area contributed by atoms with E-state index in [-0.39, 0.29) is 11.9 Å². The highest BCUT2D eigenvalue weighted by Gasteiger charge is 2.35. The van der Waals surface area contributed by atoms with E-state index in [1.54, 1.807) is 0 Å². The normalized spacial score (nSPS) is 24.2. The third kappa shape index (κ3) is 3.26. The third-order valence-corrected chi connectivity index (χ3v) is 5.88. The molecule has 1 N–H and O–H groups in total. The molecule has 2 saturated heterocycles. The van der Waals surface area contributed by atoms with Crippen molar-refractivity contribution in [1.82, 2.24) is 25.2 Å². The summed E-state index contributed by atoms with van der Waals surface area (Å²) in [7, 11) is 0. The maximum atomic E-state index is 13.0. The molecule has 0 radical (unpaired) electrons. The Kier molecular flexibility index (Phi) is 4.76. The van der Waals surface area contributed by atoms with Crippen LogP contribution in [0.15, 0.2) is 30.5 Å². The summed E-state index contributed by atoms with van der Waals surface area (Å²) in [6.45, 7) is 7.03. The van der Waals surface area contributed by atoms with Crippen LogP contribution >= 0.6 is 0 Å². The first-order valence-corrected chi connectivity index (χ1v) is 9.62. The van der Waals surface area contributed by atoms with Crippen molar-refractivity contribution in [2.75, 3.05) is 19.6 Å². The number of hydrogen-bond acceptors (Lipinski definition) is 4. The van der Waals surface area contributed by atoms with Crippen molar-refractivity contribution in [3.8, 4) is 0 Å². The minimum absolute atomic E-state index is 0.00812. The van der Waals surface area contributed by atoms with Crippen molar-refractivity contribution >= 4 is 5.91 Å². The molecule has 1 aromatic heterocycles. The molecule has 2 aliphatic rings. The van der Waals surface area contributed by atoms with E-state index in [4.69, 9.17) is 0 Å². The Labute approximate surface area is 154 Å². The second-order valence-corrected chi connectivity index (χ2v) is 7.66. The average molecular weight is 353 g/mol. The minimum atomic E-state index is 0.00812. The van der Waals surface area contributed by atoms with E-state index in [1.807, 2.05) is 15.8 Å². The molecular formula is C20H27N5O. The number of hydrogen-bond donors (Lipinski definition) is 1.